The smallest absolute Gasteiger partial charge is 0.354 e. The molecule has 2 N–H and O–H groups in total. The Morgan fingerprint density at radius 1 is 1.42 bits per heavy atom. The average Bonchev–Trinajstić information content (AvgIpc) is 2.75. The molecule has 0 fully saturated rings. The molecule has 0 bridgehead atoms. The van der Waals surface area contributed by atoms with Gasteiger partial charge in [0.1, 0.15) is 0 Å². The number of carboxylic acid groups (broad SMARTS) is 1. The maximum Gasteiger partial charge on any atom is 0.354 e. The van der Waals surface area contributed by atoms with Crippen molar-refractivity contribution < 1.29 is 9.90 Å². The van der Waals surface area contributed by atoms with E-state index in [1.807, 2.05) is 25.1 Å². The normalized spacial score (nSPS) is 11.3. The molecule has 3 rings (SSSR count). The number of aryl methyl sites for hydroxylation is 1. The number of hydrogen-bond acceptors (Lipinski definition) is 2. The van der Waals surface area contributed by atoms with Crippen molar-refractivity contribution in [2.45, 2.75) is 13.3 Å². The van der Waals surface area contributed by atoms with Crippen LogP contribution in [0.1, 0.15) is 23.0 Å². The number of nitrogens with one attached hydrogen (secondary N) is 1. The zero-order valence-electron chi connectivity index (χ0n) is 10.2. The van der Waals surface area contributed by atoms with Gasteiger partial charge in [0, 0.05) is 20.8 Å². The lowest BCUT2D eigenvalue weighted by atomic mass is 10.0. The van der Waals surface area contributed by atoms with Crippen molar-refractivity contribution >= 4 is 43.7 Å². The van der Waals surface area contributed by atoms with Crippen LogP contribution in [0.2, 0.25) is 0 Å². The van der Waals surface area contributed by atoms with E-state index in [9.17, 15) is 9.90 Å². The lowest BCUT2D eigenvalue weighted by molar-refractivity contribution is 0.0689. The van der Waals surface area contributed by atoms with E-state index in [-0.39, 0.29) is 5.69 Å². The first kappa shape index (κ1) is 12.2. The number of H-pyrrole nitrogens is 1. The summed E-state index contributed by atoms with van der Waals surface area (Å²) in [6.45, 7) is 1.94. The topological polar surface area (TPSA) is 66.0 Å². The summed E-state index contributed by atoms with van der Waals surface area (Å²) in [6.07, 6.45) is 2.22. The number of aromatic nitrogens is 2. The second-order valence-electron chi connectivity index (χ2n) is 4.35. The first-order valence-corrected chi connectivity index (χ1v) is 6.73. The fourth-order valence-corrected chi connectivity index (χ4v) is 2.82. The van der Waals surface area contributed by atoms with Crippen LogP contribution in [0.4, 0.5) is 0 Å². The molecule has 96 valence electrons. The Balaban J connectivity index is 2.52. The molecule has 0 atom stereocenters. The molecule has 0 aliphatic heterocycles. The SMILES string of the molecule is CCc1c(C(=O)O)ncc2[nH]c3ccc(Br)cc3c12. The van der Waals surface area contributed by atoms with Crippen molar-refractivity contribution in [3.8, 4) is 0 Å². The largest absolute Gasteiger partial charge is 0.477 e. The van der Waals surface area contributed by atoms with E-state index in [1.54, 1.807) is 6.20 Å². The third-order valence-electron chi connectivity index (χ3n) is 3.26. The summed E-state index contributed by atoms with van der Waals surface area (Å²) in [5.74, 6) is -0.983. The minimum absolute atomic E-state index is 0.135. The molecule has 3 aromatic rings. The molecule has 0 amide bonds. The number of nitrogens with zero attached hydrogens (tertiary/aromatic N) is 1. The van der Waals surface area contributed by atoms with Gasteiger partial charge in [-0.05, 0) is 30.2 Å². The Bertz CT molecular complexity index is 808. The average molecular weight is 319 g/mol. The van der Waals surface area contributed by atoms with Crippen LogP contribution in [-0.4, -0.2) is 21.0 Å². The number of rotatable bonds is 2. The summed E-state index contributed by atoms with van der Waals surface area (Å²) in [6, 6.07) is 5.92. The maximum atomic E-state index is 11.3. The second-order valence-corrected chi connectivity index (χ2v) is 5.26. The third kappa shape index (κ3) is 1.81. The van der Waals surface area contributed by atoms with Gasteiger partial charge in [-0.1, -0.05) is 22.9 Å². The number of hydrogen-bond donors (Lipinski definition) is 2. The first-order chi connectivity index (χ1) is 9.11. The lowest BCUT2D eigenvalue weighted by Crippen LogP contribution is -2.05. The highest BCUT2D eigenvalue weighted by molar-refractivity contribution is 9.10. The third-order valence-corrected chi connectivity index (χ3v) is 3.75. The Kier molecular flexibility index (Phi) is 2.78. The van der Waals surface area contributed by atoms with Crippen molar-refractivity contribution in [2.75, 3.05) is 0 Å². The molecule has 0 radical (unpaired) electrons. The Labute approximate surface area is 117 Å². The van der Waals surface area contributed by atoms with E-state index in [4.69, 9.17) is 0 Å². The minimum Gasteiger partial charge on any atom is -0.477 e. The van der Waals surface area contributed by atoms with Crippen molar-refractivity contribution in [1.29, 1.82) is 0 Å². The van der Waals surface area contributed by atoms with Crippen molar-refractivity contribution in [3.63, 3.8) is 0 Å². The molecular formula is C14H11BrN2O2. The van der Waals surface area contributed by atoms with Crippen LogP contribution in [0.3, 0.4) is 0 Å². The van der Waals surface area contributed by atoms with Gasteiger partial charge in [-0.3, -0.25) is 0 Å². The van der Waals surface area contributed by atoms with Crippen LogP contribution in [0.25, 0.3) is 21.8 Å². The second kappa shape index (κ2) is 4.35. The van der Waals surface area contributed by atoms with Gasteiger partial charge in [0.2, 0.25) is 0 Å². The molecule has 0 spiro atoms. The highest BCUT2D eigenvalue weighted by Gasteiger charge is 2.17. The Morgan fingerprint density at radius 3 is 2.89 bits per heavy atom. The predicted molar refractivity (Wildman–Crippen MR) is 77.6 cm³/mol. The van der Waals surface area contributed by atoms with Gasteiger partial charge < -0.3 is 10.1 Å². The van der Waals surface area contributed by atoms with Crippen molar-refractivity contribution in [3.05, 3.63) is 40.1 Å². The van der Waals surface area contributed by atoms with Gasteiger partial charge in [-0.15, -0.1) is 0 Å². The van der Waals surface area contributed by atoms with Gasteiger partial charge in [-0.2, -0.15) is 0 Å². The summed E-state index contributed by atoms with van der Waals surface area (Å²) in [5, 5.41) is 11.2. The Morgan fingerprint density at radius 2 is 2.21 bits per heavy atom. The van der Waals surface area contributed by atoms with Gasteiger partial charge >= 0.3 is 5.97 Å². The summed E-state index contributed by atoms with van der Waals surface area (Å²) in [4.78, 5) is 18.6. The van der Waals surface area contributed by atoms with Crippen LogP contribution >= 0.6 is 15.9 Å². The van der Waals surface area contributed by atoms with Crippen LogP contribution in [0, 0.1) is 0 Å². The van der Waals surface area contributed by atoms with Crippen LogP contribution in [0.15, 0.2) is 28.9 Å². The highest BCUT2D eigenvalue weighted by atomic mass is 79.9. The summed E-state index contributed by atoms with van der Waals surface area (Å²) >= 11 is 3.45. The van der Waals surface area contributed by atoms with Crippen molar-refractivity contribution in [2.24, 2.45) is 0 Å². The monoisotopic (exact) mass is 318 g/mol. The van der Waals surface area contributed by atoms with E-state index in [2.05, 4.69) is 25.9 Å². The molecule has 0 aliphatic rings. The number of carboxylic acids is 1. The molecule has 2 heterocycles. The minimum atomic E-state index is -0.983. The van der Waals surface area contributed by atoms with E-state index in [0.29, 0.717) is 6.42 Å². The number of fused-ring (bicyclic) bond motifs is 3. The quantitative estimate of drug-likeness (QED) is 0.756. The molecule has 0 unspecified atom stereocenters. The Hall–Kier alpha value is -1.88. The molecule has 0 saturated carbocycles. The van der Waals surface area contributed by atoms with E-state index in [1.165, 1.54) is 0 Å². The zero-order valence-corrected chi connectivity index (χ0v) is 11.8. The highest BCUT2D eigenvalue weighted by Crippen LogP contribution is 2.31. The van der Waals surface area contributed by atoms with Crippen LogP contribution < -0.4 is 0 Å². The molecular weight excluding hydrogens is 308 g/mol. The van der Waals surface area contributed by atoms with Crippen molar-refractivity contribution in [1.82, 2.24) is 9.97 Å². The molecule has 1 aromatic carbocycles. The van der Waals surface area contributed by atoms with Gasteiger partial charge in [0.15, 0.2) is 5.69 Å². The fraction of sp³-hybridized carbons (Fsp3) is 0.143. The molecule has 4 nitrogen and oxygen atoms in total. The zero-order chi connectivity index (χ0) is 13.6. The van der Waals surface area contributed by atoms with Gasteiger partial charge in [0.25, 0.3) is 0 Å². The summed E-state index contributed by atoms with van der Waals surface area (Å²) < 4.78 is 0.969. The molecule has 0 saturated heterocycles. The lowest BCUT2D eigenvalue weighted by Gasteiger charge is -2.04. The predicted octanol–water partition coefficient (Wildman–Crippen LogP) is 3.74. The number of aromatic amines is 1. The van der Waals surface area contributed by atoms with E-state index in [0.717, 1.165) is 31.8 Å². The number of carbonyl (C=O) groups is 1. The molecule has 2 aromatic heterocycles. The molecule has 5 heteroatoms. The fourth-order valence-electron chi connectivity index (χ4n) is 2.46. The number of benzene rings is 1. The van der Waals surface area contributed by atoms with E-state index < -0.39 is 5.97 Å². The van der Waals surface area contributed by atoms with Crippen LogP contribution in [0.5, 0.6) is 0 Å². The standard InChI is InChI=1S/C14H11BrN2O2/c1-2-8-12-9-5-7(15)3-4-10(9)17-11(12)6-16-13(8)14(18)19/h3-6,17H,2H2,1H3,(H,18,19). The van der Waals surface area contributed by atoms with Gasteiger partial charge in [-0.25, -0.2) is 9.78 Å². The molecule has 0 aliphatic carbocycles. The van der Waals surface area contributed by atoms with Crippen LogP contribution in [-0.2, 0) is 6.42 Å². The number of aromatic carboxylic acids is 1. The number of halogens is 1. The molecule has 19 heavy (non-hydrogen) atoms. The van der Waals surface area contributed by atoms with Gasteiger partial charge in [0.05, 0.1) is 11.7 Å². The summed E-state index contributed by atoms with van der Waals surface area (Å²) in [7, 11) is 0. The first-order valence-electron chi connectivity index (χ1n) is 5.94. The number of pyridine rings is 1. The maximum absolute atomic E-state index is 11.3. The summed E-state index contributed by atoms with van der Waals surface area (Å²) in [5.41, 5.74) is 2.76. The van der Waals surface area contributed by atoms with E-state index >= 15 is 0 Å².